The highest BCUT2D eigenvalue weighted by Crippen LogP contribution is 2.22. The van der Waals surface area contributed by atoms with E-state index in [-0.39, 0.29) is 0 Å². The molecule has 0 aromatic rings. The Morgan fingerprint density at radius 3 is 2.33 bits per heavy atom. The second-order valence-electron chi connectivity index (χ2n) is 7.62. The van der Waals surface area contributed by atoms with Crippen LogP contribution >= 0.6 is 0 Å². The summed E-state index contributed by atoms with van der Waals surface area (Å²) in [5, 5.41) is 3.48. The molecule has 124 valence electrons. The van der Waals surface area contributed by atoms with Gasteiger partial charge in [-0.15, -0.1) is 0 Å². The van der Waals surface area contributed by atoms with Gasteiger partial charge in [-0.25, -0.2) is 0 Å². The van der Waals surface area contributed by atoms with Crippen molar-refractivity contribution in [3.63, 3.8) is 0 Å². The van der Waals surface area contributed by atoms with Crippen molar-refractivity contribution < 1.29 is 4.74 Å². The van der Waals surface area contributed by atoms with Crippen molar-refractivity contribution in [1.82, 2.24) is 15.1 Å². The molecule has 2 aliphatic rings. The monoisotopic (exact) mass is 297 g/mol. The standard InChI is InChI=1S/C17H35N3O/c1-5-8-18-13-15-6-7-16(21-15)14-19-9-11-20(12-10-19)17(2,3)4/h15-16,18H,5-14H2,1-4H3. The zero-order valence-electron chi connectivity index (χ0n) is 14.5. The summed E-state index contributed by atoms with van der Waals surface area (Å²) in [7, 11) is 0. The van der Waals surface area contributed by atoms with E-state index in [1.807, 2.05) is 0 Å². The molecule has 2 saturated heterocycles. The van der Waals surface area contributed by atoms with Gasteiger partial charge in [0.1, 0.15) is 0 Å². The van der Waals surface area contributed by atoms with Gasteiger partial charge in [-0.3, -0.25) is 9.80 Å². The van der Waals surface area contributed by atoms with Gasteiger partial charge in [0.2, 0.25) is 0 Å². The van der Waals surface area contributed by atoms with Crippen LogP contribution in [0.15, 0.2) is 0 Å². The van der Waals surface area contributed by atoms with Gasteiger partial charge in [0, 0.05) is 44.8 Å². The normalized spacial score (nSPS) is 29.1. The van der Waals surface area contributed by atoms with Gasteiger partial charge in [0.15, 0.2) is 0 Å². The maximum absolute atomic E-state index is 6.19. The Morgan fingerprint density at radius 1 is 1.05 bits per heavy atom. The van der Waals surface area contributed by atoms with Crippen LogP contribution in [0.25, 0.3) is 0 Å². The second kappa shape index (κ2) is 7.91. The number of nitrogens with one attached hydrogen (secondary N) is 1. The Labute approximate surface area is 131 Å². The molecule has 4 heteroatoms. The van der Waals surface area contributed by atoms with E-state index in [2.05, 4.69) is 42.8 Å². The summed E-state index contributed by atoms with van der Waals surface area (Å²) in [6, 6.07) is 0. The zero-order valence-corrected chi connectivity index (χ0v) is 14.5. The highest BCUT2D eigenvalue weighted by molar-refractivity contribution is 4.84. The average molecular weight is 297 g/mol. The highest BCUT2D eigenvalue weighted by atomic mass is 16.5. The fourth-order valence-electron chi connectivity index (χ4n) is 3.39. The molecule has 0 bridgehead atoms. The molecular formula is C17H35N3O. The van der Waals surface area contributed by atoms with Crippen molar-refractivity contribution in [2.45, 2.75) is 64.7 Å². The molecule has 0 saturated carbocycles. The topological polar surface area (TPSA) is 27.7 Å². The molecule has 0 radical (unpaired) electrons. The molecule has 0 aliphatic carbocycles. The smallest absolute Gasteiger partial charge is 0.0707 e. The number of nitrogens with zero attached hydrogens (tertiary/aromatic N) is 2. The van der Waals surface area contributed by atoms with Crippen molar-refractivity contribution in [3.05, 3.63) is 0 Å². The Bertz CT molecular complexity index is 295. The zero-order chi connectivity index (χ0) is 15.3. The van der Waals surface area contributed by atoms with Gasteiger partial charge in [-0.2, -0.15) is 0 Å². The van der Waals surface area contributed by atoms with Crippen molar-refractivity contribution in [1.29, 1.82) is 0 Å². The van der Waals surface area contributed by atoms with E-state index in [9.17, 15) is 0 Å². The molecule has 2 fully saturated rings. The van der Waals surface area contributed by atoms with E-state index in [1.54, 1.807) is 0 Å². The summed E-state index contributed by atoms with van der Waals surface area (Å²) in [6.07, 6.45) is 4.56. The van der Waals surface area contributed by atoms with Gasteiger partial charge in [-0.05, 0) is 46.6 Å². The van der Waals surface area contributed by atoms with Crippen molar-refractivity contribution in [2.75, 3.05) is 45.8 Å². The van der Waals surface area contributed by atoms with E-state index in [1.165, 1.54) is 45.4 Å². The number of piperazine rings is 1. The summed E-state index contributed by atoms with van der Waals surface area (Å²) in [5.74, 6) is 0. The molecule has 2 atom stereocenters. The van der Waals surface area contributed by atoms with Crippen molar-refractivity contribution in [2.24, 2.45) is 0 Å². The third-order valence-electron chi connectivity index (χ3n) is 4.78. The SMILES string of the molecule is CCCNCC1CCC(CN2CCN(C(C)(C)C)CC2)O1. The predicted molar refractivity (Wildman–Crippen MR) is 88.8 cm³/mol. The van der Waals surface area contributed by atoms with Crippen LogP contribution < -0.4 is 5.32 Å². The lowest BCUT2D eigenvalue weighted by Crippen LogP contribution is -2.54. The molecular weight excluding hydrogens is 262 g/mol. The molecule has 0 spiro atoms. The van der Waals surface area contributed by atoms with Crippen LogP contribution in [0.5, 0.6) is 0 Å². The molecule has 0 amide bonds. The lowest BCUT2D eigenvalue weighted by molar-refractivity contribution is 0.00192. The Kier molecular flexibility index (Phi) is 6.48. The lowest BCUT2D eigenvalue weighted by atomic mass is 10.0. The number of ether oxygens (including phenoxy) is 1. The summed E-state index contributed by atoms with van der Waals surface area (Å²) >= 11 is 0. The predicted octanol–water partition coefficient (Wildman–Crippen LogP) is 1.95. The molecule has 2 aliphatic heterocycles. The van der Waals surface area contributed by atoms with Gasteiger partial charge in [0.25, 0.3) is 0 Å². The Morgan fingerprint density at radius 2 is 1.71 bits per heavy atom. The first-order valence-electron chi connectivity index (χ1n) is 8.82. The first kappa shape index (κ1) is 17.2. The summed E-state index contributed by atoms with van der Waals surface area (Å²) in [4.78, 5) is 5.19. The first-order valence-corrected chi connectivity index (χ1v) is 8.82. The first-order chi connectivity index (χ1) is 9.99. The van der Waals surface area contributed by atoms with Crippen molar-refractivity contribution in [3.8, 4) is 0 Å². The molecule has 2 rings (SSSR count). The molecule has 2 unspecified atom stereocenters. The van der Waals surface area contributed by atoms with Crippen LogP contribution in [0.2, 0.25) is 0 Å². The van der Waals surface area contributed by atoms with Gasteiger partial charge in [0.05, 0.1) is 12.2 Å². The average Bonchev–Trinajstić information content (AvgIpc) is 2.86. The van der Waals surface area contributed by atoms with E-state index >= 15 is 0 Å². The maximum Gasteiger partial charge on any atom is 0.0707 e. The molecule has 4 nitrogen and oxygen atoms in total. The fraction of sp³-hybridized carbons (Fsp3) is 1.00. The summed E-state index contributed by atoms with van der Waals surface area (Å²) in [5.41, 5.74) is 0.311. The van der Waals surface area contributed by atoms with E-state index in [0.29, 0.717) is 17.7 Å². The van der Waals surface area contributed by atoms with Crippen molar-refractivity contribution >= 4 is 0 Å². The third kappa shape index (κ3) is 5.51. The van der Waals surface area contributed by atoms with E-state index < -0.39 is 0 Å². The van der Waals surface area contributed by atoms with Crippen LogP contribution in [-0.4, -0.2) is 73.4 Å². The van der Waals surface area contributed by atoms with Gasteiger partial charge in [-0.1, -0.05) is 6.92 Å². The van der Waals surface area contributed by atoms with Crippen LogP contribution in [-0.2, 0) is 4.74 Å². The van der Waals surface area contributed by atoms with E-state index in [4.69, 9.17) is 4.74 Å². The number of hydrogen-bond donors (Lipinski definition) is 1. The fourth-order valence-corrected chi connectivity index (χ4v) is 3.39. The summed E-state index contributed by atoms with van der Waals surface area (Å²) < 4.78 is 6.19. The summed E-state index contributed by atoms with van der Waals surface area (Å²) in [6.45, 7) is 17.2. The molecule has 2 heterocycles. The van der Waals surface area contributed by atoms with Gasteiger partial charge >= 0.3 is 0 Å². The molecule has 0 aromatic heterocycles. The van der Waals surface area contributed by atoms with Crippen LogP contribution in [0.3, 0.4) is 0 Å². The molecule has 1 N–H and O–H groups in total. The van der Waals surface area contributed by atoms with Crippen LogP contribution in [0.4, 0.5) is 0 Å². The Balaban J connectivity index is 1.63. The number of hydrogen-bond acceptors (Lipinski definition) is 4. The largest absolute Gasteiger partial charge is 0.372 e. The Hall–Kier alpha value is -0.160. The second-order valence-corrected chi connectivity index (χ2v) is 7.62. The lowest BCUT2D eigenvalue weighted by Gasteiger charge is -2.42. The van der Waals surface area contributed by atoms with Crippen LogP contribution in [0, 0.1) is 0 Å². The van der Waals surface area contributed by atoms with Crippen LogP contribution in [0.1, 0.15) is 47.0 Å². The minimum absolute atomic E-state index is 0.311. The maximum atomic E-state index is 6.19. The van der Waals surface area contributed by atoms with Gasteiger partial charge < -0.3 is 10.1 Å². The molecule has 21 heavy (non-hydrogen) atoms. The quantitative estimate of drug-likeness (QED) is 0.759. The van der Waals surface area contributed by atoms with E-state index in [0.717, 1.165) is 19.6 Å². The highest BCUT2D eigenvalue weighted by Gasteiger charge is 2.30. The minimum atomic E-state index is 0.311. The molecule has 0 aromatic carbocycles. The third-order valence-corrected chi connectivity index (χ3v) is 4.78. The number of rotatable bonds is 6. The minimum Gasteiger partial charge on any atom is -0.372 e.